The van der Waals surface area contributed by atoms with Crippen molar-refractivity contribution in [3.8, 4) is 0 Å². The van der Waals surface area contributed by atoms with Gasteiger partial charge in [-0.1, -0.05) is 13.8 Å². The molecule has 1 heterocycles. The van der Waals surface area contributed by atoms with Crippen molar-refractivity contribution in [2.24, 2.45) is 7.05 Å². The number of aryl methyl sites for hydroxylation is 2. The van der Waals surface area contributed by atoms with Crippen LogP contribution < -0.4 is 10.2 Å². The number of methoxy groups -OCH3 is 1. The van der Waals surface area contributed by atoms with Gasteiger partial charge in [-0.05, 0) is 13.3 Å². The van der Waals surface area contributed by atoms with Gasteiger partial charge in [0.05, 0.1) is 5.69 Å². The molecule has 1 aromatic rings. The van der Waals surface area contributed by atoms with Crippen molar-refractivity contribution in [1.29, 1.82) is 0 Å². The standard InChI is InChI=1S/C14H28N4O/c1-11(2)15-10-13-12(3)16-18(5)14(13)17(4)8-7-9-19-6/h11,15H,7-10H2,1-6H3. The van der Waals surface area contributed by atoms with Crippen LogP contribution in [0.5, 0.6) is 0 Å². The van der Waals surface area contributed by atoms with Gasteiger partial charge in [0.2, 0.25) is 0 Å². The van der Waals surface area contributed by atoms with Crippen LogP contribution in [0.2, 0.25) is 0 Å². The lowest BCUT2D eigenvalue weighted by molar-refractivity contribution is 0.196. The summed E-state index contributed by atoms with van der Waals surface area (Å²) in [5.41, 5.74) is 2.39. The molecule has 0 aliphatic rings. The number of rotatable bonds is 8. The summed E-state index contributed by atoms with van der Waals surface area (Å²) in [5.74, 6) is 1.20. The summed E-state index contributed by atoms with van der Waals surface area (Å²) in [7, 11) is 5.87. The van der Waals surface area contributed by atoms with Gasteiger partial charge in [0.15, 0.2) is 0 Å². The van der Waals surface area contributed by atoms with Crippen molar-refractivity contribution in [2.45, 2.75) is 39.8 Å². The molecule has 0 saturated carbocycles. The first-order chi connectivity index (χ1) is 8.97. The minimum absolute atomic E-state index is 0.478. The summed E-state index contributed by atoms with van der Waals surface area (Å²) in [6, 6.07) is 0.478. The topological polar surface area (TPSA) is 42.3 Å². The zero-order valence-corrected chi connectivity index (χ0v) is 13.2. The molecule has 19 heavy (non-hydrogen) atoms. The highest BCUT2D eigenvalue weighted by atomic mass is 16.5. The molecule has 110 valence electrons. The van der Waals surface area contributed by atoms with Gasteiger partial charge in [-0.25, -0.2) is 0 Å². The van der Waals surface area contributed by atoms with Gasteiger partial charge < -0.3 is 15.0 Å². The normalized spacial score (nSPS) is 11.3. The van der Waals surface area contributed by atoms with E-state index in [-0.39, 0.29) is 0 Å². The first-order valence-corrected chi connectivity index (χ1v) is 6.93. The van der Waals surface area contributed by atoms with Crippen LogP contribution >= 0.6 is 0 Å². The minimum atomic E-state index is 0.478. The maximum Gasteiger partial charge on any atom is 0.131 e. The van der Waals surface area contributed by atoms with Crippen molar-refractivity contribution in [2.75, 3.05) is 32.2 Å². The van der Waals surface area contributed by atoms with Gasteiger partial charge in [0, 0.05) is 52.5 Å². The molecule has 1 aromatic heterocycles. The van der Waals surface area contributed by atoms with Crippen molar-refractivity contribution >= 4 is 5.82 Å². The average Bonchev–Trinajstić information content (AvgIpc) is 2.61. The zero-order chi connectivity index (χ0) is 14.4. The van der Waals surface area contributed by atoms with Crippen molar-refractivity contribution in [3.63, 3.8) is 0 Å². The molecular formula is C14H28N4O. The molecule has 1 rings (SSSR count). The number of nitrogens with zero attached hydrogens (tertiary/aromatic N) is 3. The van der Waals surface area contributed by atoms with Crippen molar-refractivity contribution in [3.05, 3.63) is 11.3 Å². The van der Waals surface area contributed by atoms with E-state index in [9.17, 15) is 0 Å². The largest absolute Gasteiger partial charge is 0.385 e. The maximum absolute atomic E-state index is 5.11. The second-order valence-corrected chi connectivity index (χ2v) is 5.31. The van der Waals surface area contributed by atoms with Gasteiger partial charge in [-0.3, -0.25) is 4.68 Å². The van der Waals surface area contributed by atoms with E-state index in [1.54, 1.807) is 7.11 Å². The lowest BCUT2D eigenvalue weighted by Crippen LogP contribution is -2.26. The number of aromatic nitrogens is 2. The number of hydrogen-bond donors (Lipinski definition) is 1. The van der Waals surface area contributed by atoms with E-state index in [4.69, 9.17) is 4.74 Å². The second kappa shape index (κ2) is 7.50. The Balaban J connectivity index is 2.79. The fourth-order valence-corrected chi connectivity index (χ4v) is 2.23. The van der Waals surface area contributed by atoms with Gasteiger partial charge in [-0.2, -0.15) is 5.10 Å². The number of ether oxygens (including phenoxy) is 1. The SMILES string of the molecule is COCCCN(C)c1c(CNC(C)C)c(C)nn1C. The molecule has 0 unspecified atom stereocenters. The summed E-state index contributed by atoms with van der Waals surface area (Å²) >= 11 is 0. The fourth-order valence-electron chi connectivity index (χ4n) is 2.23. The molecule has 0 aliphatic carbocycles. The number of anilines is 1. The molecule has 0 bridgehead atoms. The van der Waals surface area contributed by atoms with Crippen LogP contribution in [0.3, 0.4) is 0 Å². The van der Waals surface area contributed by atoms with Gasteiger partial charge in [0.1, 0.15) is 5.82 Å². The molecule has 1 N–H and O–H groups in total. The lowest BCUT2D eigenvalue weighted by atomic mass is 10.2. The van der Waals surface area contributed by atoms with E-state index in [1.807, 2.05) is 11.7 Å². The highest BCUT2D eigenvalue weighted by Gasteiger charge is 2.16. The first-order valence-electron chi connectivity index (χ1n) is 6.93. The van der Waals surface area contributed by atoms with E-state index in [2.05, 4.69) is 43.1 Å². The quantitative estimate of drug-likeness (QED) is 0.729. The summed E-state index contributed by atoms with van der Waals surface area (Å²) in [6.07, 6.45) is 1.02. The van der Waals surface area contributed by atoms with Crippen LogP contribution in [0.25, 0.3) is 0 Å². The average molecular weight is 268 g/mol. The highest BCUT2D eigenvalue weighted by molar-refractivity contribution is 5.49. The Morgan fingerprint density at radius 2 is 2.11 bits per heavy atom. The third-order valence-electron chi connectivity index (χ3n) is 3.20. The molecule has 0 aliphatic heterocycles. The number of hydrogen-bond acceptors (Lipinski definition) is 4. The van der Waals surface area contributed by atoms with Crippen molar-refractivity contribution < 1.29 is 4.74 Å². The minimum Gasteiger partial charge on any atom is -0.385 e. The van der Waals surface area contributed by atoms with E-state index < -0.39 is 0 Å². The van der Waals surface area contributed by atoms with E-state index in [1.165, 1.54) is 11.4 Å². The monoisotopic (exact) mass is 268 g/mol. The third-order valence-corrected chi connectivity index (χ3v) is 3.20. The Morgan fingerprint density at radius 1 is 1.42 bits per heavy atom. The highest BCUT2D eigenvalue weighted by Crippen LogP contribution is 2.22. The van der Waals surface area contributed by atoms with Crippen LogP contribution in [0.4, 0.5) is 5.82 Å². The summed E-state index contributed by atoms with van der Waals surface area (Å²) in [4.78, 5) is 2.26. The number of nitrogens with one attached hydrogen (secondary N) is 1. The van der Waals surface area contributed by atoms with Crippen molar-refractivity contribution in [1.82, 2.24) is 15.1 Å². The molecule has 0 atom stereocenters. The predicted molar refractivity (Wildman–Crippen MR) is 79.7 cm³/mol. The van der Waals surface area contributed by atoms with E-state index in [0.717, 1.165) is 31.8 Å². The Hall–Kier alpha value is -1.07. The molecule has 0 aromatic carbocycles. The molecule has 0 saturated heterocycles. The van der Waals surface area contributed by atoms with Gasteiger partial charge in [-0.15, -0.1) is 0 Å². The molecule has 5 heteroatoms. The Kier molecular flexibility index (Phi) is 6.31. The molecular weight excluding hydrogens is 240 g/mol. The lowest BCUT2D eigenvalue weighted by Gasteiger charge is -2.21. The first kappa shape index (κ1) is 16.0. The molecule has 0 fully saturated rings. The van der Waals surface area contributed by atoms with Crippen LogP contribution in [0.15, 0.2) is 0 Å². The van der Waals surface area contributed by atoms with E-state index >= 15 is 0 Å². The van der Waals surface area contributed by atoms with Gasteiger partial charge >= 0.3 is 0 Å². The van der Waals surface area contributed by atoms with Crippen LogP contribution in [-0.4, -0.2) is 43.1 Å². The Bertz CT molecular complexity index is 387. The smallest absolute Gasteiger partial charge is 0.131 e. The van der Waals surface area contributed by atoms with Crippen LogP contribution in [0.1, 0.15) is 31.5 Å². The fraction of sp³-hybridized carbons (Fsp3) is 0.786. The zero-order valence-electron chi connectivity index (χ0n) is 13.2. The second-order valence-electron chi connectivity index (χ2n) is 5.31. The van der Waals surface area contributed by atoms with Gasteiger partial charge in [0.25, 0.3) is 0 Å². The Morgan fingerprint density at radius 3 is 2.68 bits per heavy atom. The predicted octanol–water partition coefficient (Wildman–Crippen LogP) is 1.70. The molecule has 0 radical (unpaired) electrons. The third kappa shape index (κ3) is 4.51. The Labute approximate surface area is 116 Å². The molecule has 0 amide bonds. The van der Waals surface area contributed by atoms with E-state index in [0.29, 0.717) is 6.04 Å². The van der Waals surface area contributed by atoms with Crippen LogP contribution in [0, 0.1) is 6.92 Å². The molecule has 5 nitrogen and oxygen atoms in total. The summed E-state index contributed by atoms with van der Waals surface area (Å²) in [5, 5.41) is 8.02. The van der Waals surface area contributed by atoms with Crippen LogP contribution in [-0.2, 0) is 18.3 Å². The summed E-state index contributed by atoms with van der Waals surface area (Å²) < 4.78 is 7.08. The summed E-state index contributed by atoms with van der Waals surface area (Å²) in [6.45, 7) is 9.02. The molecule has 0 spiro atoms. The maximum atomic E-state index is 5.11.